The van der Waals surface area contributed by atoms with Crippen molar-refractivity contribution in [2.45, 2.75) is 6.54 Å². The monoisotopic (exact) mass is 415 g/mol. The number of thiophene rings is 1. The topological polar surface area (TPSA) is 36.4 Å². The fourth-order valence-corrected chi connectivity index (χ4v) is 1.79. The van der Waals surface area contributed by atoms with Crippen LogP contribution in [0.3, 0.4) is 0 Å². The number of rotatable bonds is 4. The molecule has 0 radical (unpaired) electrons. The molecule has 0 aliphatic rings. The van der Waals surface area contributed by atoms with Crippen LogP contribution in [-0.2, 0) is 6.54 Å². The Hall–Kier alpha value is -0.0800. The van der Waals surface area contributed by atoms with Gasteiger partial charge in [0.15, 0.2) is 5.96 Å². The Labute approximate surface area is 126 Å². The largest absolute Gasteiger partial charge is 0.352 e. The molecule has 1 rings (SSSR count). The molecule has 3 nitrogen and oxygen atoms in total. The zero-order valence-corrected chi connectivity index (χ0v) is 13.7. The van der Waals surface area contributed by atoms with Crippen molar-refractivity contribution < 1.29 is 0 Å². The Morgan fingerprint density at radius 3 is 2.81 bits per heavy atom. The molecule has 0 atom stereocenters. The van der Waals surface area contributed by atoms with E-state index in [-0.39, 0.29) is 24.0 Å². The quantitative estimate of drug-likeness (QED) is 0.450. The van der Waals surface area contributed by atoms with Gasteiger partial charge in [0, 0.05) is 24.6 Å². The Morgan fingerprint density at radius 1 is 1.56 bits per heavy atom. The van der Waals surface area contributed by atoms with Gasteiger partial charge in [-0.2, -0.15) is 11.3 Å². The summed E-state index contributed by atoms with van der Waals surface area (Å²) in [5.74, 6) is 0.779. The van der Waals surface area contributed by atoms with Crippen molar-refractivity contribution in [1.29, 1.82) is 0 Å². The van der Waals surface area contributed by atoms with Crippen LogP contribution in [0.2, 0.25) is 0 Å². The summed E-state index contributed by atoms with van der Waals surface area (Å²) in [5.41, 5.74) is 1.26. The van der Waals surface area contributed by atoms with Gasteiger partial charge in [0.1, 0.15) is 0 Å². The number of aliphatic imine (C=N–C) groups is 1. The molecular formula is C10H15BrIN3S. The van der Waals surface area contributed by atoms with Crippen LogP contribution in [-0.4, -0.2) is 19.6 Å². The maximum atomic E-state index is 4.10. The highest BCUT2D eigenvalue weighted by Gasteiger charge is 1.97. The van der Waals surface area contributed by atoms with Crippen molar-refractivity contribution in [1.82, 2.24) is 10.6 Å². The van der Waals surface area contributed by atoms with E-state index in [1.165, 1.54) is 5.56 Å². The van der Waals surface area contributed by atoms with Crippen LogP contribution >= 0.6 is 51.2 Å². The number of hydrogen-bond donors (Lipinski definition) is 2. The minimum Gasteiger partial charge on any atom is -0.352 e. The van der Waals surface area contributed by atoms with E-state index in [1.54, 1.807) is 18.4 Å². The Bertz CT molecular complexity index is 338. The summed E-state index contributed by atoms with van der Waals surface area (Å²) >= 11 is 4.98. The zero-order chi connectivity index (χ0) is 11.1. The standard InChI is InChI=1S/C10H14BrN3S.HI/c1-8(11)5-13-10(12-2)14-6-9-3-4-15-7-9;/h3-4,7H,1,5-6H2,2H3,(H2,12,13,14);1H. The van der Waals surface area contributed by atoms with Crippen LogP contribution in [0.4, 0.5) is 0 Å². The molecule has 1 aromatic heterocycles. The normalized spacial score (nSPS) is 10.5. The number of guanidine groups is 1. The van der Waals surface area contributed by atoms with Gasteiger partial charge in [-0.15, -0.1) is 24.0 Å². The zero-order valence-electron chi connectivity index (χ0n) is 9.00. The molecule has 90 valence electrons. The average Bonchev–Trinajstić information content (AvgIpc) is 2.70. The second-order valence-corrected chi connectivity index (χ2v) is 4.83. The van der Waals surface area contributed by atoms with Gasteiger partial charge >= 0.3 is 0 Å². The molecule has 0 aliphatic heterocycles. The van der Waals surface area contributed by atoms with E-state index in [2.05, 4.69) is 55.0 Å². The predicted molar refractivity (Wildman–Crippen MR) is 86.0 cm³/mol. The molecule has 2 N–H and O–H groups in total. The fraction of sp³-hybridized carbons (Fsp3) is 0.300. The Balaban J connectivity index is 0.00000225. The molecule has 0 fully saturated rings. The smallest absolute Gasteiger partial charge is 0.191 e. The lowest BCUT2D eigenvalue weighted by Crippen LogP contribution is -2.37. The van der Waals surface area contributed by atoms with E-state index in [0.717, 1.165) is 17.0 Å². The molecule has 0 amide bonds. The van der Waals surface area contributed by atoms with E-state index in [4.69, 9.17) is 0 Å². The van der Waals surface area contributed by atoms with Crippen LogP contribution in [0.5, 0.6) is 0 Å². The second kappa shape index (κ2) is 9.00. The van der Waals surface area contributed by atoms with Crippen LogP contribution in [0, 0.1) is 0 Å². The number of nitrogens with one attached hydrogen (secondary N) is 2. The molecule has 1 aromatic rings. The van der Waals surface area contributed by atoms with Crippen LogP contribution in [0.15, 0.2) is 32.9 Å². The Kier molecular flexibility index (Phi) is 8.96. The molecule has 0 aliphatic carbocycles. The van der Waals surface area contributed by atoms with Crippen molar-refractivity contribution in [2.24, 2.45) is 4.99 Å². The van der Waals surface area contributed by atoms with Crippen LogP contribution in [0.1, 0.15) is 5.56 Å². The first-order chi connectivity index (χ1) is 7.22. The summed E-state index contributed by atoms with van der Waals surface area (Å²) in [5, 5.41) is 10.5. The lowest BCUT2D eigenvalue weighted by atomic mass is 10.3. The highest BCUT2D eigenvalue weighted by atomic mass is 127. The summed E-state index contributed by atoms with van der Waals surface area (Å²) < 4.78 is 0.904. The summed E-state index contributed by atoms with van der Waals surface area (Å²) in [6.07, 6.45) is 0. The Morgan fingerprint density at radius 2 is 2.31 bits per heavy atom. The molecular weight excluding hydrogens is 401 g/mol. The predicted octanol–water partition coefficient (Wildman–Crippen LogP) is 2.94. The maximum absolute atomic E-state index is 4.10. The minimum absolute atomic E-state index is 0. The lowest BCUT2D eigenvalue weighted by molar-refractivity contribution is 0.848. The van der Waals surface area contributed by atoms with Crippen molar-refractivity contribution in [2.75, 3.05) is 13.6 Å². The van der Waals surface area contributed by atoms with Crippen molar-refractivity contribution in [3.63, 3.8) is 0 Å². The molecule has 0 bridgehead atoms. The fourth-order valence-electron chi connectivity index (χ4n) is 0.979. The number of halogens is 2. The summed E-state index contributed by atoms with van der Waals surface area (Å²) in [6.45, 7) is 5.20. The van der Waals surface area contributed by atoms with Gasteiger partial charge in [-0.05, 0) is 22.4 Å². The van der Waals surface area contributed by atoms with Crippen LogP contribution in [0.25, 0.3) is 0 Å². The molecule has 16 heavy (non-hydrogen) atoms. The van der Waals surface area contributed by atoms with Crippen molar-refractivity contribution in [3.8, 4) is 0 Å². The SMILES string of the molecule is C=C(Br)CNC(=NC)NCc1ccsc1.I. The summed E-state index contributed by atoms with van der Waals surface area (Å²) in [4.78, 5) is 4.10. The van der Waals surface area contributed by atoms with E-state index in [1.807, 2.05) is 0 Å². The van der Waals surface area contributed by atoms with E-state index in [9.17, 15) is 0 Å². The van der Waals surface area contributed by atoms with Gasteiger partial charge in [0.05, 0.1) is 0 Å². The van der Waals surface area contributed by atoms with Gasteiger partial charge in [-0.3, -0.25) is 4.99 Å². The van der Waals surface area contributed by atoms with E-state index < -0.39 is 0 Å². The average molecular weight is 416 g/mol. The highest BCUT2D eigenvalue weighted by molar-refractivity contribution is 14.0. The van der Waals surface area contributed by atoms with Crippen molar-refractivity contribution >= 4 is 57.2 Å². The third-order valence-corrected chi connectivity index (χ3v) is 2.72. The highest BCUT2D eigenvalue weighted by Crippen LogP contribution is 2.04. The lowest BCUT2D eigenvalue weighted by Gasteiger charge is -2.10. The van der Waals surface area contributed by atoms with E-state index in [0.29, 0.717) is 6.54 Å². The number of hydrogen-bond acceptors (Lipinski definition) is 2. The summed E-state index contributed by atoms with van der Waals surface area (Å²) in [7, 11) is 1.75. The third kappa shape index (κ3) is 6.49. The van der Waals surface area contributed by atoms with Gasteiger partial charge in [-0.1, -0.05) is 22.5 Å². The molecule has 6 heteroatoms. The molecule has 0 unspecified atom stereocenters. The van der Waals surface area contributed by atoms with Crippen LogP contribution < -0.4 is 10.6 Å². The molecule has 0 spiro atoms. The summed E-state index contributed by atoms with van der Waals surface area (Å²) in [6, 6.07) is 2.09. The van der Waals surface area contributed by atoms with E-state index >= 15 is 0 Å². The second-order valence-electron chi connectivity index (χ2n) is 2.93. The van der Waals surface area contributed by atoms with Gasteiger partial charge < -0.3 is 10.6 Å². The molecule has 1 heterocycles. The first-order valence-electron chi connectivity index (χ1n) is 4.51. The van der Waals surface area contributed by atoms with Gasteiger partial charge in [0.2, 0.25) is 0 Å². The van der Waals surface area contributed by atoms with Gasteiger partial charge in [-0.25, -0.2) is 0 Å². The first-order valence-corrected chi connectivity index (χ1v) is 6.25. The van der Waals surface area contributed by atoms with Crippen molar-refractivity contribution in [3.05, 3.63) is 33.5 Å². The third-order valence-electron chi connectivity index (χ3n) is 1.71. The van der Waals surface area contributed by atoms with Gasteiger partial charge in [0.25, 0.3) is 0 Å². The maximum Gasteiger partial charge on any atom is 0.191 e. The molecule has 0 aromatic carbocycles. The molecule has 0 saturated carbocycles. The first kappa shape index (κ1) is 15.9. The molecule has 0 saturated heterocycles. The minimum atomic E-state index is 0. The number of nitrogens with zero attached hydrogens (tertiary/aromatic N) is 1.